The first-order valence-electron chi connectivity index (χ1n) is 9.59. The third kappa shape index (κ3) is 3.82. The van der Waals surface area contributed by atoms with Gasteiger partial charge in [-0.05, 0) is 57.6 Å². The van der Waals surface area contributed by atoms with E-state index in [1.165, 1.54) is 14.2 Å². The number of ether oxygens (including phenoxy) is 2. The second-order valence-electron chi connectivity index (χ2n) is 7.47. The standard InChI is InChI=1S/C20H29N3O4/c1-12-4-9-15-17(23(12)20(25)27-3)11-10-16(18(15)21)22-14-7-5-13(6-8-14)19(24)26-2/h10-14,22H,4-9,21H2,1-3H3/t12-,13-,14-/m0/s1. The number of nitrogens with two attached hydrogens (primary N) is 1. The van der Waals surface area contributed by atoms with Gasteiger partial charge in [0, 0.05) is 17.6 Å². The monoisotopic (exact) mass is 375 g/mol. The molecule has 3 N–H and O–H groups in total. The van der Waals surface area contributed by atoms with Crippen molar-refractivity contribution in [2.75, 3.05) is 30.2 Å². The number of hydrogen-bond donors (Lipinski definition) is 2. The second-order valence-corrected chi connectivity index (χ2v) is 7.47. The van der Waals surface area contributed by atoms with E-state index in [0.717, 1.165) is 55.5 Å². The summed E-state index contributed by atoms with van der Waals surface area (Å²) in [6, 6.07) is 4.25. The smallest absolute Gasteiger partial charge is 0.414 e. The Morgan fingerprint density at radius 3 is 2.44 bits per heavy atom. The Labute approximate surface area is 160 Å². The molecule has 0 unspecified atom stereocenters. The first-order chi connectivity index (χ1) is 13.0. The molecule has 1 aliphatic carbocycles. The Balaban J connectivity index is 1.74. The van der Waals surface area contributed by atoms with Gasteiger partial charge < -0.3 is 20.5 Å². The highest BCUT2D eigenvalue weighted by Crippen LogP contribution is 2.39. The van der Waals surface area contributed by atoms with Crippen molar-refractivity contribution in [3.05, 3.63) is 17.7 Å². The van der Waals surface area contributed by atoms with Gasteiger partial charge in [0.15, 0.2) is 0 Å². The largest absolute Gasteiger partial charge is 0.469 e. The number of hydrogen-bond acceptors (Lipinski definition) is 6. The predicted octanol–water partition coefficient (Wildman–Crippen LogP) is 3.32. The number of nitrogen functional groups attached to an aromatic ring is 1. The first kappa shape index (κ1) is 19.3. The van der Waals surface area contributed by atoms with Crippen molar-refractivity contribution < 1.29 is 19.1 Å². The lowest BCUT2D eigenvalue weighted by Gasteiger charge is -2.35. The van der Waals surface area contributed by atoms with Crippen LogP contribution in [0.15, 0.2) is 12.1 Å². The molecule has 0 bridgehead atoms. The number of carbonyl (C=O) groups excluding carboxylic acids is 2. The number of nitrogens with zero attached hydrogens (tertiary/aromatic N) is 1. The number of methoxy groups -OCH3 is 2. The van der Waals surface area contributed by atoms with Crippen LogP contribution < -0.4 is 16.0 Å². The van der Waals surface area contributed by atoms with Gasteiger partial charge in [0.2, 0.25) is 0 Å². The van der Waals surface area contributed by atoms with Crippen LogP contribution in [0.4, 0.5) is 21.9 Å². The number of esters is 1. The van der Waals surface area contributed by atoms with E-state index in [1.807, 2.05) is 19.1 Å². The van der Waals surface area contributed by atoms with Crippen LogP contribution >= 0.6 is 0 Å². The van der Waals surface area contributed by atoms with Crippen molar-refractivity contribution in [1.29, 1.82) is 0 Å². The minimum Gasteiger partial charge on any atom is -0.469 e. The zero-order valence-corrected chi connectivity index (χ0v) is 16.3. The van der Waals surface area contributed by atoms with Crippen LogP contribution in [0.25, 0.3) is 0 Å². The SMILES string of the molecule is COC(=O)N1c2ccc(N[C@H]3CC[C@H](C(=O)OC)CC3)c(N)c2CC[C@@H]1C. The molecule has 0 spiro atoms. The highest BCUT2D eigenvalue weighted by Gasteiger charge is 2.31. The number of carbonyl (C=O) groups is 2. The topological polar surface area (TPSA) is 93.9 Å². The zero-order chi connectivity index (χ0) is 19.6. The number of benzene rings is 1. The Bertz CT molecular complexity index is 713. The van der Waals surface area contributed by atoms with Crippen LogP contribution in [-0.2, 0) is 20.7 Å². The molecule has 1 amide bonds. The molecule has 3 rings (SSSR count). The van der Waals surface area contributed by atoms with Gasteiger partial charge in [0.1, 0.15) is 0 Å². The minimum absolute atomic E-state index is 0.00373. The van der Waals surface area contributed by atoms with Gasteiger partial charge in [-0.15, -0.1) is 0 Å². The molecule has 1 fully saturated rings. The third-order valence-electron chi connectivity index (χ3n) is 5.84. The summed E-state index contributed by atoms with van der Waals surface area (Å²) in [4.78, 5) is 25.5. The maximum atomic E-state index is 12.2. The van der Waals surface area contributed by atoms with Gasteiger partial charge in [-0.2, -0.15) is 0 Å². The van der Waals surface area contributed by atoms with Gasteiger partial charge in [-0.1, -0.05) is 0 Å². The van der Waals surface area contributed by atoms with Crippen molar-refractivity contribution in [1.82, 2.24) is 0 Å². The molecular weight excluding hydrogens is 346 g/mol. The number of rotatable bonds is 3. The van der Waals surface area contributed by atoms with Crippen molar-refractivity contribution >= 4 is 29.1 Å². The number of fused-ring (bicyclic) bond motifs is 1. The summed E-state index contributed by atoms with van der Waals surface area (Å²) in [5, 5.41) is 3.53. The minimum atomic E-state index is -0.357. The lowest BCUT2D eigenvalue weighted by Crippen LogP contribution is -2.42. The van der Waals surface area contributed by atoms with Crippen LogP contribution in [-0.4, -0.2) is 38.4 Å². The fourth-order valence-electron chi connectivity index (χ4n) is 4.22. The molecule has 148 valence electrons. The van der Waals surface area contributed by atoms with Crippen molar-refractivity contribution in [2.24, 2.45) is 5.92 Å². The van der Waals surface area contributed by atoms with Crippen LogP contribution in [0.5, 0.6) is 0 Å². The van der Waals surface area contributed by atoms with Crippen LogP contribution in [0, 0.1) is 5.92 Å². The molecule has 1 aromatic carbocycles. The fourth-order valence-corrected chi connectivity index (χ4v) is 4.22. The Morgan fingerprint density at radius 1 is 1.11 bits per heavy atom. The van der Waals surface area contributed by atoms with E-state index in [4.69, 9.17) is 15.2 Å². The summed E-state index contributed by atoms with van der Waals surface area (Å²) in [7, 11) is 2.84. The molecule has 7 heteroatoms. The molecule has 1 heterocycles. The maximum absolute atomic E-state index is 12.2. The second kappa shape index (κ2) is 8.06. The lowest BCUT2D eigenvalue weighted by atomic mass is 9.86. The number of nitrogens with one attached hydrogen (secondary N) is 1. The molecule has 27 heavy (non-hydrogen) atoms. The Morgan fingerprint density at radius 2 is 1.81 bits per heavy atom. The molecule has 7 nitrogen and oxygen atoms in total. The fraction of sp³-hybridized carbons (Fsp3) is 0.600. The van der Waals surface area contributed by atoms with Gasteiger partial charge in [0.25, 0.3) is 0 Å². The predicted molar refractivity (Wildman–Crippen MR) is 105 cm³/mol. The summed E-state index contributed by atoms with van der Waals surface area (Å²) >= 11 is 0. The summed E-state index contributed by atoms with van der Waals surface area (Å²) in [5.41, 5.74) is 9.87. The van der Waals surface area contributed by atoms with Crippen molar-refractivity contribution in [3.8, 4) is 0 Å². The average molecular weight is 375 g/mol. The summed E-state index contributed by atoms with van der Waals surface area (Å²) in [6.07, 6.45) is 4.78. The molecule has 0 saturated heterocycles. The van der Waals surface area contributed by atoms with E-state index < -0.39 is 0 Å². The van der Waals surface area contributed by atoms with Crippen LogP contribution in [0.1, 0.15) is 44.6 Å². The van der Waals surface area contributed by atoms with Crippen LogP contribution in [0.3, 0.4) is 0 Å². The molecule has 1 aromatic rings. The molecule has 0 radical (unpaired) electrons. The van der Waals surface area contributed by atoms with Crippen molar-refractivity contribution in [2.45, 2.75) is 57.5 Å². The molecule has 1 aliphatic heterocycles. The third-order valence-corrected chi connectivity index (χ3v) is 5.84. The van der Waals surface area contributed by atoms with Gasteiger partial charge >= 0.3 is 12.1 Å². The number of anilines is 3. The molecule has 0 aromatic heterocycles. The number of amides is 1. The van der Waals surface area contributed by atoms with E-state index in [2.05, 4.69) is 5.32 Å². The van der Waals surface area contributed by atoms with E-state index in [0.29, 0.717) is 5.69 Å². The first-order valence-corrected chi connectivity index (χ1v) is 9.59. The highest BCUT2D eigenvalue weighted by molar-refractivity contribution is 5.93. The Hall–Kier alpha value is -2.44. The van der Waals surface area contributed by atoms with Gasteiger partial charge in [-0.25, -0.2) is 4.79 Å². The maximum Gasteiger partial charge on any atom is 0.414 e. The lowest BCUT2D eigenvalue weighted by molar-refractivity contribution is -0.146. The molecule has 1 atom stereocenters. The van der Waals surface area contributed by atoms with Gasteiger partial charge in [-0.3, -0.25) is 9.69 Å². The van der Waals surface area contributed by atoms with E-state index >= 15 is 0 Å². The average Bonchev–Trinajstić information content (AvgIpc) is 2.69. The van der Waals surface area contributed by atoms with Crippen LogP contribution in [0.2, 0.25) is 0 Å². The van der Waals surface area contributed by atoms with E-state index in [9.17, 15) is 9.59 Å². The molecular formula is C20H29N3O4. The molecule has 2 aliphatic rings. The normalized spacial score (nSPS) is 24.7. The summed E-state index contributed by atoms with van der Waals surface area (Å²) in [5.74, 6) is -0.109. The Kier molecular flexibility index (Phi) is 5.77. The quantitative estimate of drug-likeness (QED) is 0.622. The summed E-state index contributed by atoms with van der Waals surface area (Å²) in [6.45, 7) is 2.02. The van der Waals surface area contributed by atoms with Crippen molar-refractivity contribution in [3.63, 3.8) is 0 Å². The van der Waals surface area contributed by atoms with E-state index in [-0.39, 0.29) is 30.1 Å². The zero-order valence-electron chi connectivity index (χ0n) is 16.3. The molecule has 1 saturated carbocycles. The summed E-state index contributed by atoms with van der Waals surface area (Å²) < 4.78 is 9.79. The highest BCUT2D eigenvalue weighted by atomic mass is 16.5. The van der Waals surface area contributed by atoms with Gasteiger partial charge in [0.05, 0.1) is 37.2 Å². The van der Waals surface area contributed by atoms with E-state index in [1.54, 1.807) is 4.90 Å².